The molecule has 0 atom stereocenters. The van der Waals surface area contributed by atoms with E-state index < -0.39 is 0 Å². The molecule has 0 aliphatic heterocycles. The molecule has 1 fully saturated rings. The van der Waals surface area contributed by atoms with Gasteiger partial charge in [0.1, 0.15) is 0 Å². The predicted molar refractivity (Wildman–Crippen MR) is 35.8 cm³/mol. The number of primary amides is 1. The van der Waals surface area contributed by atoms with Crippen LogP contribution in [-0.4, -0.2) is 18.7 Å². The second kappa shape index (κ2) is 2.98. The van der Waals surface area contributed by atoms with Gasteiger partial charge in [-0.1, -0.05) is 0 Å². The van der Waals surface area contributed by atoms with E-state index in [1.807, 2.05) is 0 Å². The summed E-state index contributed by atoms with van der Waals surface area (Å²) < 4.78 is 5.03. The Morgan fingerprint density at radius 2 is 2.20 bits per heavy atom. The van der Waals surface area contributed by atoms with Gasteiger partial charge in [0, 0.05) is 5.92 Å². The van der Waals surface area contributed by atoms with E-state index in [1.165, 1.54) is 0 Å². The van der Waals surface area contributed by atoms with Gasteiger partial charge < -0.3 is 16.2 Å². The van der Waals surface area contributed by atoms with E-state index in [-0.39, 0.29) is 24.7 Å². The Morgan fingerprint density at radius 3 is 2.60 bits per heavy atom. The van der Waals surface area contributed by atoms with Crippen molar-refractivity contribution in [1.29, 1.82) is 0 Å². The van der Waals surface area contributed by atoms with Crippen LogP contribution in [0.4, 0.5) is 0 Å². The van der Waals surface area contributed by atoms with Gasteiger partial charge in [-0.3, -0.25) is 4.79 Å². The molecule has 4 heteroatoms. The Bertz CT molecular complexity index is 132. The second-order valence-electron chi connectivity index (χ2n) is 2.53. The molecule has 0 aromatic heterocycles. The highest BCUT2D eigenvalue weighted by atomic mass is 16.5. The van der Waals surface area contributed by atoms with Crippen LogP contribution in [0.15, 0.2) is 0 Å². The first-order chi connectivity index (χ1) is 4.74. The Hall–Kier alpha value is -0.610. The van der Waals surface area contributed by atoms with Crippen molar-refractivity contribution in [2.45, 2.75) is 18.9 Å². The lowest BCUT2D eigenvalue weighted by molar-refractivity contribution is -0.130. The van der Waals surface area contributed by atoms with Crippen LogP contribution >= 0.6 is 0 Å². The Labute approximate surface area is 59.5 Å². The Kier molecular flexibility index (Phi) is 2.24. The third-order valence-electron chi connectivity index (χ3n) is 1.83. The van der Waals surface area contributed by atoms with Gasteiger partial charge in [0.25, 0.3) is 0 Å². The van der Waals surface area contributed by atoms with Crippen LogP contribution in [0.2, 0.25) is 0 Å². The smallest absolute Gasteiger partial charge is 0.220 e. The second-order valence-corrected chi connectivity index (χ2v) is 2.53. The van der Waals surface area contributed by atoms with Crippen LogP contribution in [0.25, 0.3) is 0 Å². The van der Waals surface area contributed by atoms with Crippen molar-refractivity contribution in [2.75, 3.05) is 6.73 Å². The number of amides is 1. The van der Waals surface area contributed by atoms with Crippen LogP contribution in [0.3, 0.4) is 0 Å². The first-order valence-corrected chi connectivity index (χ1v) is 3.35. The van der Waals surface area contributed by atoms with Crippen molar-refractivity contribution in [3.63, 3.8) is 0 Å². The largest absolute Gasteiger partial charge is 0.369 e. The van der Waals surface area contributed by atoms with Crippen molar-refractivity contribution >= 4 is 5.91 Å². The lowest BCUT2D eigenvalue weighted by Crippen LogP contribution is -2.40. The molecule has 4 nitrogen and oxygen atoms in total. The third-order valence-corrected chi connectivity index (χ3v) is 1.83. The van der Waals surface area contributed by atoms with Gasteiger partial charge in [-0.05, 0) is 12.8 Å². The van der Waals surface area contributed by atoms with Gasteiger partial charge in [0.05, 0.1) is 12.8 Å². The monoisotopic (exact) mass is 144 g/mol. The maximum absolute atomic E-state index is 10.5. The topological polar surface area (TPSA) is 78.3 Å². The Balaban J connectivity index is 2.12. The van der Waals surface area contributed by atoms with Gasteiger partial charge in [0.15, 0.2) is 0 Å². The minimum atomic E-state index is -0.225. The highest BCUT2D eigenvalue weighted by molar-refractivity contribution is 5.77. The molecule has 0 aromatic rings. The minimum absolute atomic E-state index is 0.0246. The van der Waals surface area contributed by atoms with Gasteiger partial charge >= 0.3 is 0 Å². The number of rotatable bonds is 3. The van der Waals surface area contributed by atoms with Crippen molar-refractivity contribution in [3.8, 4) is 0 Å². The molecule has 1 aliphatic carbocycles. The maximum Gasteiger partial charge on any atom is 0.220 e. The Morgan fingerprint density at radius 1 is 1.60 bits per heavy atom. The van der Waals surface area contributed by atoms with E-state index in [0.717, 1.165) is 12.8 Å². The quantitative estimate of drug-likeness (QED) is 0.508. The summed E-state index contributed by atoms with van der Waals surface area (Å²) in [5.74, 6) is -0.201. The molecule has 0 bridgehead atoms. The van der Waals surface area contributed by atoms with Crippen molar-refractivity contribution in [1.82, 2.24) is 0 Å². The molecule has 0 aromatic carbocycles. The molecule has 1 aliphatic rings. The van der Waals surface area contributed by atoms with Crippen molar-refractivity contribution in [2.24, 2.45) is 17.4 Å². The van der Waals surface area contributed by atoms with Gasteiger partial charge in [0.2, 0.25) is 5.91 Å². The van der Waals surface area contributed by atoms with E-state index in [0.29, 0.717) is 0 Å². The van der Waals surface area contributed by atoms with Gasteiger partial charge in [-0.25, -0.2) is 0 Å². The normalized spacial score (nSPS) is 31.3. The number of carbonyl (C=O) groups is 1. The molecular formula is C6H12N2O2. The summed E-state index contributed by atoms with van der Waals surface area (Å²) in [6, 6.07) is 0. The number of hydrogen-bond donors (Lipinski definition) is 2. The van der Waals surface area contributed by atoms with E-state index in [2.05, 4.69) is 0 Å². The molecule has 1 rings (SSSR count). The molecule has 58 valence electrons. The molecule has 0 unspecified atom stereocenters. The number of carbonyl (C=O) groups excluding carboxylic acids is 1. The lowest BCUT2D eigenvalue weighted by Gasteiger charge is -2.32. The summed E-state index contributed by atoms with van der Waals surface area (Å²) in [5, 5.41) is 0. The summed E-state index contributed by atoms with van der Waals surface area (Å²) in [4.78, 5) is 10.5. The van der Waals surface area contributed by atoms with Crippen LogP contribution < -0.4 is 11.5 Å². The van der Waals surface area contributed by atoms with Crippen LogP contribution in [0.1, 0.15) is 12.8 Å². The molecule has 1 saturated carbocycles. The molecule has 0 radical (unpaired) electrons. The molecule has 0 spiro atoms. The first-order valence-electron chi connectivity index (χ1n) is 3.35. The zero-order chi connectivity index (χ0) is 7.56. The van der Waals surface area contributed by atoms with Crippen LogP contribution in [0, 0.1) is 5.92 Å². The zero-order valence-corrected chi connectivity index (χ0v) is 5.75. The van der Waals surface area contributed by atoms with Crippen molar-refractivity contribution in [3.05, 3.63) is 0 Å². The summed E-state index contributed by atoms with van der Waals surface area (Å²) in [7, 11) is 0. The van der Waals surface area contributed by atoms with E-state index in [9.17, 15) is 4.79 Å². The van der Waals surface area contributed by atoms with Gasteiger partial charge in [-0.15, -0.1) is 0 Å². The summed E-state index contributed by atoms with van der Waals surface area (Å²) in [6.07, 6.45) is 1.65. The summed E-state index contributed by atoms with van der Waals surface area (Å²) >= 11 is 0. The SMILES string of the molecule is NCOC1CC(C(N)=O)C1. The fourth-order valence-corrected chi connectivity index (χ4v) is 1.07. The van der Waals surface area contributed by atoms with Gasteiger partial charge in [-0.2, -0.15) is 0 Å². The molecule has 0 saturated heterocycles. The lowest BCUT2D eigenvalue weighted by atomic mass is 9.82. The number of nitrogens with two attached hydrogens (primary N) is 2. The molecule has 10 heavy (non-hydrogen) atoms. The average Bonchev–Trinajstić information content (AvgIpc) is 1.76. The standard InChI is InChI=1S/C6H12N2O2/c7-3-10-5-1-4(2-5)6(8)9/h4-5H,1-3,7H2,(H2,8,9). The first kappa shape index (κ1) is 7.50. The highest BCUT2D eigenvalue weighted by Crippen LogP contribution is 2.28. The maximum atomic E-state index is 10.5. The average molecular weight is 144 g/mol. The number of hydrogen-bond acceptors (Lipinski definition) is 3. The minimum Gasteiger partial charge on any atom is -0.369 e. The van der Waals surface area contributed by atoms with E-state index in [4.69, 9.17) is 16.2 Å². The molecular weight excluding hydrogens is 132 g/mol. The van der Waals surface area contributed by atoms with Crippen molar-refractivity contribution < 1.29 is 9.53 Å². The number of ether oxygens (including phenoxy) is 1. The third kappa shape index (κ3) is 1.46. The van der Waals surface area contributed by atoms with E-state index >= 15 is 0 Å². The summed E-state index contributed by atoms with van der Waals surface area (Å²) in [5.41, 5.74) is 10.2. The van der Waals surface area contributed by atoms with Crippen LogP contribution in [-0.2, 0) is 9.53 Å². The summed E-state index contributed by atoms with van der Waals surface area (Å²) in [6.45, 7) is 0.232. The molecule has 1 amide bonds. The molecule has 4 N–H and O–H groups in total. The zero-order valence-electron chi connectivity index (χ0n) is 5.75. The fraction of sp³-hybridized carbons (Fsp3) is 0.833. The van der Waals surface area contributed by atoms with E-state index in [1.54, 1.807) is 0 Å². The predicted octanol–water partition coefficient (Wildman–Crippen LogP) is -0.817. The van der Waals surface area contributed by atoms with Crippen LogP contribution in [0.5, 0.6) is 0 Å². The fourth-order valence-electron chi connectivity index (χ4n) is 1.07. The molecule has 0 heterocycles. The highest BCUT2D eigenvalue weighted by Gasteiger charge is 2.33.